The third-order valence-electron chi connectivity index (χ3n) is 4.74. The molecule has 1 atom stereocenters. The maximum atomic E-state index is 6.16. The summed E-state index contributed by atoms with van der Waals surface area (Å²) in [6.07, 6.45) is 6.92. The number of aromatic nitrogens is 3. The van der Waals surface area contributed by atoms with Gasteiger partial charge in [-0.05, 0) is 36.8 Å². The molecule has 0 bridgehead atoms. The third-order valence-corrected chi connectivity index (χ3v) is 4.97. The minimum absolute atomic E-state index is 0.276. The number of imidazole rings is 1. The van der Waals surface area contributed by atoms with Gasteiger partial charge >= 0.3 is 0 Å². The van der Waals surface area contributed by atoms with E-state index in [1.807, 2.05) is 12.3 Å². The first-order valence-electron chi connectivity index (χ1n) is 7.43. The van der Waals surface area contributed by atoms with Crippen molar-refractivity contribution < 1.29 is 0 Å². The lowest BCUT2D eigenvalue weighted by atomic mass is 9.73. The van der Waals surface area contributed by atoms with Crippen LogP contribution in [-0.2, 0) is 5.88 Å². The van der Waals surface area contributed by atoms with Crippen LogP contribution in [0.5, 0.6) is 0 Å². The van der Waals surface area contributed by atoms with Crippen LogP contribution >= 0.6 is 11.6 Å². The van der Waals surface area contributed by atoms with Gasteiger partial charge in [0.25, 0.3) is 0 Å². The molecule has 0 aliphatic heterocycles. The van der Waals surface area contributed by atoms with E-state index in [-0.39, 0.29) is 5.41 Å². The molecule has 1 aliphatic carbocycles. The van der Waals surface area contributed by atoms with E-state index < -0.39 is 0 Å². The Labute approximate surface area is 125 Å². The summed E-state index contributed by atoms with van der Waals surface area (Å²) < 4.78 is 2.31. The van der Waals surface area contributed by atoms with Crippen LogP contribution < -0.4 is 0 Å². The fourth-order valence-corrected chi connectivity index (χ4v) is 3.72. The summed E-state index contributed by atoms with van der Waals surface area (Å²) in [5.41, 5.74) is 3.46. The molecule has 0 saturated heterocycles. The number of nitrogens with zero attached hydrogens (tertiary/aromatic N) is 3. The molecule has 1 unspecified atom stereocenters. The van der Waals surface area contributed by atoms with Gasteiger partial charge < -0.3 is 4.57 Å². The zero-order chi connectivity index (χ0) is 14.3. The molecule has 20 heavy (non-hydrogen) atoms. The molecule has 1 aliphatic rings. The molecule has 3 nitrogen and oxygen atoms in total. The normalized spacial score (nSPS) is 22.3. The number of hydrogen-bond acceptors (Lipinski definition) is 2. The lowest BCUT2D eigenvalue weighted by molar-refractivity contribution is 0.145. The van der Waals surface area contributed by atoms with Crippen molar-refractivity contribution in [1.82, 2.24) is 14.5 Å². The summed E-state index contributed by atoms with van der Waals surface area (Å²) in [7, 11) is 0. The maximum absolute atomic E-state index is 6.16. The fraction of sp³-hybridized carbons (Fsp3) is 0.625. The first kappa shape index (κ1) is 13.9. The molecule has 1 saturated carbocycles. The van der Waals surface area contributed by atoms with E-state index in [0.29, 0.717) is 11.9 Å². The molecule has 0 radical (unpaired) electrons. The van der Waals surface area contributed by atoms with E-state index in [1.165, 1.54) is 31.2 Å². The summed E-state index contributed by atoms with van der Waals surface area (Å²) in [6, 6.07) is 2.47. The molecule has 2 heterocycles. The standard InChI is InChI=1S/C16H22ClN3/c1-11-7-9-18-15-14(11)19-13(10-17)20(15)12-6-4-5-8-16(12,2)3/h7,9,12H,4-6,8,10H2,1-3H3. The molecule has 108 valence electrons. The highest BCUT2D eigenvalue weighted by Crippen LogP contribution is 2.45. The Morgan fingerprint density at radius 3 is 2.90 bits per heavy atom. The molecule has 4 heteroatoms. The lowest BCUT2D eigenvalue weighted by Crippen LogP contribution is -2.31. The van der Waals surface area contributed by atoms with E-state index in [1.54, 1.807) is 0 Å². The lowest BCUT2D eigenvalue weighted by Gasteiger charge is -2.40. The molecular weight excluding hydrogens is 270 g/mol. The van der Waals surface area contributed by atoms with E-state index in [0.717, 1.165) is 17.0 Å². The van der Waals surface area contributed by atoms with Crippen molar-refractivity contribution in [3.05, 3.63) is 23.7 Å². The number of aryl methyl sites for hydroxylation is 1. The average Bonchev–Trinajstić information content (AvgIpc) is 2.78. The van der Waals surface area contributed by atoms with Crippen LogP contribution in [-0.4, -0.2) is 14.5 Å². The molecule has 2 aromatic heterocycles. The van der Waals surface area contributed by atoms with Crippen molar-refractivity contribution in [2.45, 2.75) is 58.4 Å². The number of hydrogen-bond donors (Lipinski definition) is 0. The highest BCUT2D eigenvalue weighted by molar-refractivity contribution is 6.16. The molecule has 0 spiro atoms. The number of alkyl halides is 1. The Balaban J connectivity index is 2.21. The van der Waals surface area contributed by atoms with Crippen LogP contribution in [0.2, 0.25) is 0 Å². The Bertz CT molecular complexity index is 630. The monoisotopic (exact) mass is 291 g/mol. The Morgan fingerprint density at radius 2 is 2.20 bits per heavy atom. The first-order valence-corrected chi connectivity index (χ1v) is 7.96. The van der Waals surface area contributed by atoms with Crippen molar-refractivity contribution in [3.63, 3.8) is 0 Å². The van der Waals surface area contributed by atoms with Gasteiger partial charge in [0.2, 0.25) is 0 Å². The molecule has 0 N–H and O–H groups in total. The zero-order valence-electron chi connectivity index (χ0n) is 12.5. The van der Waals surface area contributed by atoms with Gasteiger partial charge in [0.1, 0.15) is 11.3 Å². The van der Waals surface area contributed by atoms with E-state index in [4.69, 9.17) is 16.6 Å². The van der Waals surface area contributed by atoms with Crippen LogP contribution in [0.15, 0.2) is 12.3 Å². The van der Waals surface area contributed by atoms with Gasteiger partial charge in [-0.3, -0.25) is 0 Å². The quantitative estimate of drug-likeness (QED) is 0.756. The summed E-state index contributed by atoms with van der Waals surface area (Å²) >= 11 is 6.16. The number of pyridine rings is 1. The molecule has 1 fully saturated rings. The van der Waals surface area contributed by atoms with Gasteiger partial charge in [0, 0.05) is 12.2 Å². The van der Waals surface area contributed by atoms with Crippen molar-refractivity contribution in [3.8, 4) is 0 Å². The Kier molecular flexibility index (Phi) is 3.49. The topological polar surface area (TPSA) is 30.7 Å². The molecule has 0 aromatic carbocycles. The number of halogens is 1. The van der Waals surface area contributed by atoms with Crippen molar-refractivity contribution >= 4 is 22.8 Å². The van der Waals surface area contributed by atoms with Crippen LogP contribution in [0, 0.1) is 12.3 Å². The predicted octanol–water partition coefficient (Wildman–Crippen LogP) is 4.62. The average molecular weight is 292 g/mol. The summed E-state index contributed by atoms with van der Waals surface area (Å²) in [5.74, 6) is 1.41. The highest BCUT2D eigenvalue weighted by Gasteiger charge is 2.35. The molecule has 2 aromatic rings. The zero-order valence-corrected chi connectivity index (χ0v) is 13.2. The van der Waals surface area contributed by atoms with Crippen LogP contribution in [0.3, 0.4) is 0 Å². The van der Waals surface area contributed by atoms with Crippen LogP contribution in [0.4, 0.5) is 0 Å². The fourth-order valence-electron chi connectivity index (χ4n) is 3.53. The van der Waals surface area contributed by atoms with Gasteiger partial charge in [-0.25, -0.2) is 9.97 Å². The van der Waals surface area contributed by atoms with E-state index in [9.17, 15) is 0 Å². The van der Waals surface area contributed by atoms with Gasteiger partial charge in [-0.2, -0.15) is 0 Å². The predicted molar refractivity (Wildman–Crippen MR) is 83.1 cm³/mol. The molecule has 3 rings (SSSR count). The minimum atomic E-state index is 0.276. The first-order chi connectivity index (χ1) is 9.54. The number of fused-ring (bicyclic) bond motifs is 1. The smallest absolute Gasteiger partial charge is 0.160 e. The van der Waals surface area contributed by atoms with Gasteiger partial charge in [-0.15, -0.1) is 11.6 Å². The van der Waals surface area contributed by atoms with Crippen molar-refractivity contribution in [1.29, 1.82) is 0 Å². The largest absolute Gasteiger partial charge is 0.308 e. The second-order valence-corrected chi connectivity index (χ2v) is 6.85. The van der Waals surface area contributed by atoms with Gasteiger partial charge in [0.05, 0.1) is 5.88 Å². The molecule has 0 amide bonds. The van der Waals surface area contributed by atoms with Crippen molar-refractivity contribution in [2.75, 3.05) is 0 Å². The summed E-state index contributed by atoms with van der Waals surface area (Å²) in [4.78, 5) is 9.33. The Hall–Kier alpha value is -1.09. The van der Waals surface area contributed by atoms with E-state index in [2.05, 4.69) is 30.3 Å². The van der Waals surface area contributed by atoms with Gasteiger partial charge in [-0.1, -0.05) is 26.7 Å². The van der Waals surface area contributed by atoms with Crippen molar-refractivity contribution in [2.24, 2.45) is 5.41 Å². The maximum Gasteiger partial charge on any atom is 0.160 e. The Morgan fingerprint density at radius 1 is 1.40 bits per heavy atom. The number of rotatable bonds is 2. The second-order valence-electron chi connectivity index (χ2n) is 6.58. The SMILES string of the molecule is Cc1ccnc2c1nc(CCl)n2C1CCCCC1(C)C. The summed E-state index contributed by atoms with van der Waals surface area (Å²) in [6.45, 7) is 6.80. The molecular formula is C16H22ClN3. The summed E-state index contributed by atoms with van der Waals surface area (Å²) in [5, 5.41) is 0. The second kappa shape index (κ2) is 5.03. The highest BCUT2D eigenvalue weighted by atomic mass is 35.5. The van der Waals surface area contributed by atoms with Crippen LogP contribution in [0.1, 0.15) is 57.0 Å². The minimum Gasteiger partial charge on any atom is -0.308 e. The van der Waals surface area contributed by atoms with E-state index >= 15 is 0 Å². The van der Waals surface area contributed by atoms with Crippen LogP contribution in [0.25, 0.3) is 11.2 Å². The third kappa shape index (κ3) is 2.12. The van der Waals surface area contributed by atoms with Gasteiger partial charge in [0.15, 0.2) is 5.65 Å².